The molecule has 1 amide bonds. The zero-order valence-electron chi connectivity index (χ0n) is 43.1. The maximum Gasteiger partial charge on any atom is 0.220 e. The van der Waals surface area contributed by atoms with Gasteiger partial charge in [-0.05, 0) is 44.9 Å². The van der Waals surface area contributed by atoms with Gasteiger partial charge in [0, 0.05) is 6.42 Å². The molecule has 17 unspecified atom stereocenters. The molecule has 17 atom stereocenters. The lowest BCUT2D eigenvalue weighted by Gasteiger charge is -2.48. The Hall–Kier alpha value is -1.99. The van der Waals surface area contributed by atoms with Crippen LogP contribution in [0.5, 0.6) is 0 Å². The molecule has 3 fully saturated rings. The Morgan fingerprint density at radius 2 is 0.889 bits per heavy atom. The summed E-state index contributed by atoms with van der Waals surface area (Å²) in [4.78, 5) is 13.1. The molecule has 3 rings (SSSR count). The van der Waals surface area contributed by atoms with Crippen molar-refractivity contribution in [3.05, 3.63) is 36.5 Å². The number of rotatable bonds is 38. The third kappa shape index (κ3) is 22.7. The van der Waals surface area contributed by atoms with E-state index < -0.39 is 124 Å². The number of carbonyl (C=O) groups excluding carboxylic acids is 1. The molecule has 420 valence electrons. The predicted octanol–water partition coefficient (Wildman–Crippen LogP) is 2.98. The first-order valence-corrected chi connectivity index (χ1v) is 27.2. The Labute approximate surface area is 428 Å². The Balaban J connectivity index is 1.52. The number of hydrogen-bond acceptors (Lipinski definition) is 18. The van der Waals surface area contributed by atoms with E-state index >= 15 is 0 Å². The quantitative estimate of drug-likeness (QED) is 0.0313. The molecule has 3 heterocycles. The van der Waals surface area contributed by atoms with Crippen LogP contribution in [0.3, 0.4) is 0 Å². The Morgan fingerprint density at radius 3 is 1.39 bits per heavy atom. The van der Waals surface area contributed by atoms with Crippen LogP contribution in [0.25, 0.3) is 0 Å². The number of carbonyl (C=O) groups is 1. The fraction of sp³-hybridized carbons (Fsp3) is 0.868. The lowest BCUT2D eigenvalue weighted by Crippen LogP contribution is -2.66. The van der Waals surface area contributed by atoms with E-state index in [0.29, 0.717) is 12.8 Å². The average Bonchev–Trinajstić information content (AvgIpc) is 3.37. The van der Waals surface area contributed by atoms with Gasteiger partial charge in [0.1, 0.15) is 73.2 Å². The molecule has 3 saturated heterocycles. The highest BCUT2D eigenvalue weighted by molar-refractivity contribution is 5.76. The molecule has 0 radical (unpaired) electrons. The molecule has 3 aliphatic heterocycles. The Kier molecular flexibility index (Phi) is 33.7. The molecule has 72 heavy (non-hydrogen) atoms. The van der Waals surface area contributed by atoms with Crippen LogP contribution in [0, 0.1) is 0 Å². The minimum absolute atomic E-state index is 0.231. The van der Waals surface area contributed by atoms with E-state index in [4.69, 9.17) is 28.4 Å². The normalized spacial score (nSPS) is 32.3. The average molecular weight is 1030 g/mol. The summed E-state index contributed by atoms with van der Waals surface area (Å²) in [7, 11) is 0. The van der Waals surface area contributed by atoms with Crippen LogP contribution >= 0.6 is 0 Å². The highest BCUT2D eigenvalue weighted by atomic mass is 16.8. The zero-order valence-corrected chi connectivity index (χ0v) is 43.1. The van der Waals surface area contributed by atoms with E-state index in [0.717, 1.165) is 57.8 Å². The zero-order chi connectivity index (χ0) is 52.7. The summed E-state index contributed by atoms with van der Waals surface area (Å²) in [5.74, 6) is -0.299. The second-order valence-electron chi connectivity index (χ2n) is 19.7. The van der Waals surface area contributed by atoms with Crippen molar-refractivity contribution in [3.63, 3.8) is 0 Å². The first kappa shape index (κ1) is 64.3. The number of unbranched alkanes of at least 4 members (excludes halogenated alkanes) is 18. The summed E-state index contributed by atoms with van der Waals surface area (Å²) in [5.41, 5.74) is 0. The smallest absolute Gasteiger partial charge is 0.220 e. The number of aliphatic hydroxyl groups is 11. The number of nitrogens with one attached hydrogen (secondary N) is 1. The van der Waals surface area contributed by atoms with Gasteiger partial charge in [-0.3, -0.25) is 4.79 Å². The van der Waals surface area contributed by atoms with E-state index in [-0.39, 0.29) is 18.9 Å². The second kappa shape index (κ2) is 37.7. The van der Waals surface area contributed by atoms with Crippen molar-refractivity contribution in [2.75, 3.05) is 26.4 Å². The number of allylic oxidation sites excluding steroid dienone is 5. The number of amides is 1. The topological polar surface area (TPSA) is 307 Å². The number of ether oxygens (including phenoxy) is 6. The Bertz CT molecular complexity index is 1470. The van der Waals surface area contributed by atoms with Gasteiger partial charge in [0.15, 0.2) is 18.9 Å². The first-order valence-electron chi connectivity index (χ1n) is 27.2. The summed E-state index contributed by atoms with van der Waals surface area (Å²) >= 11 is 0. The van der Waals surface area contributed by atoms with Crippen LogP contribution in [-0.4, -0.2) is 193 Å². The van der Waals surface area contributed by atoms with E-state index in [1.807, 2.05) is 6.08 Å². The van der Waals surface area contributed by atoms with Crippen LogP contribution in [0.4, 0.5) is 0 Å². The maximum absolute atomic E-state index is 13.1. The molecule has 0 aromatic rings. The molecule has 0 aromatic carbocycles. The van der Waals surface area contributed by atoms with Gasteiger partial charge in [0.05, 0.1) is 38.6 Å². The fourth-order valence-electron chi connectivity index (χ4n) is 9.10. The van der Waals surface area contributed by atoms with Crippen LogP contribution in [0.15, 0.2) is 36.5 Å². The van der Waals surface area contributed by atoms with Crippen molar-refractivity contribution in [2.24, 2.45) is 0 Å². The largest absolute Gasteiger partial charge is 0.394 e. The van der Waals surface area contributed by atoms with Crippen LogP contribution < -0.4 is 5.32 Å². The number of aliphatic hydroxyl groups excluding tert-OH is 11. The van der Waals surface area contributed by atoms with Crippen molar-refractivity contribution in [1.82, 2.24) is 5.32 Å². The molecule has 12 N–H and O–H groups in total. The van der Waals surface area contributed by atoms with E-state index in [1.165, 1.54) is 70.6 Å². The summed E-state index contributed by atoms with van der Waals surface area (Å²) in [5, 5.41) is 119. The molecule has 0 spiro atoms. The Morgan fingerprint density at radius 1 is 0.486 bits per heavy atom. The highest BCUT2D eigenvalue weighted by Crippen LogP contribution is 2.33. The summed E-state index contributed by atoms with van der Waals surface area (Å²) in [6.07, 6.45) is 10.4. The molecule has 0 saturated carbocycles. The van der Waals surface area contributed by atoms with E-state index in [2.05, 4.69) is 43.5 Å². The van der Waals surface area contributed by atoms with Gasteiger partial charge in [0.2, 0.25) is 5.91 Å². The van der Waals surface area contributed by atoms with E-state index in [1.54, 1.807) is 6.08 Å². The van der Waals surface area contributed by atoms with Crippen LogP contribution in [0.1, 0.15) is 162 Å². The predicted molar refractivity (Wildman–Crippen MR) is 268 cm³/mol. The maximum atomic E-state index is 13.1. The second-order valence-corrected chi connectivity index (χ2v) is 19.7. The standard InChI is InChI=1S/C53H95NO18/c1-3-5-7-9-11-12-13-14-15-16-17-18-19-20-21-22-23-25-26-28-30-37(58)36(54-41(59)31-29-27-24-10-8-6-4-2)35-67-51-47(65)44(62)49(39(33-56)69-51)72-53-48(66)45(63)50(40(34-57)70-53)71-52-46(64)43(61)42(60)38(32-55)68-52/h18-19,22-23,28,30,36-40,42-53,55-58,60-66H,3-17,20-21,24-27,29,31-35H2,1-2H3,(H,54,59)/b19-18+,23-22+,30-28+. The molecular weight excluding hydrogens is 939 g/mol. The monoisotopic (exact) mass is 1030 g/mol. The van der Waals surface area contributed by atoms with Crippen molar-refractivity contribution < 1.29 is 89.4 Å². The van der Waals surface area contributed by atoms with Gasteiger partial charge in [-0.2, -0.15) is 0 Å². The molecule has 0 aromatic heterocycles. The molecule has 19 heteroatoms. The van der Waals surface area contributed by atoms with Crippen molar-refractivity contribution in [3.8, 4) is 0 Å². The molecule has 0 bridgehead atoms. The molecule has 3 aliphatic rings. The van der Waals surface area contributed by atoms with Gasteiger partial charge in [-0.15, -0.1) is 0 Å². The highest BCUT2D eigenvalue weighted by Gasteiger charge is 2.53. The summed E-state index contributed by atoms with van der Waals surface area (Å²) in [6, 6.07) is -0.990. The third-order valence-electron chi connectivity index (χ3n) is 13.7. The van der Waals surface area contributed by atoms with Crippen LogP contribution in [0.2, 0.25) is 0 Å². The molecule has 19 nitrogen and oxygen atoms in total. The van der Waals surface area contributed by atoms with Crippen molar-refractivity contribution in [1.29, 1.82) is 0 Å². The van der Waals surface area contributed by atoms with Gasteiger partial charge in [0.25, 0.3) is 0 Å². The van der Waals surface area contributed by atoms with Gasteiger partial charge < -0.3 is 89.9 Å². The molecular formula is C53H95NO18. The first-order chi connectivity index (χ1) is 34.8. The number of hydrogen-bond donors (Lipinski definition) is 12. The SMILES string of the molecule is CCCCCCCCCCCC/C=C/CC/C=C/CC/C=C/C(O)C(COC1OC(CO)C(OC2OC(CO)C(OC3OC(CO)C(O)C(O)C3O)C(O)C2O)C(O)C1O)NC(=O)CCCCCCCCC. The van der Waals surface area contributed by atoms with E-state index in [9.17, 15) is 61.0 Å². The summed E-state index contributed by atoms with van der Waals surface area (Å²) < 4.78 is 34.0. The minimum atomic E-state index is -1.98. The van der Waals surface area contributed by atoms with Gasteiger partial charge in [-0.1, -0.05) is 147 Å². The third-order valence-corrected chi connectivity index (χ3v) is 13.7. The molecule has 0 aliphatic carbocycles. The lowest BCUT2D eigenvalue weighted by molar-refractivity contribution is -0.379. The summed E-state index contributed by atoms with van der Waals surface area (Å²) in [6.45, 7) is 1.60. The van der Waals surface area contributed by atoms with Gasteiger partial charge >= 0.3 is 0 Å². The fourth-order valence-corrected chi connectivity index (χ4v) is 9.10. The lowest BCUT2D eigenvalue weighted by atomic mass is 9.96. The van der Waals surface area contributed by atoms with Crippen molar-refractivity contribution >= 4 is 5.91 Å². The van der Waals surface area contributed by atoms with Crippen LogP contribution in [-0.2, 0) is 33.2 Å². The van der Waals surface area contributed by atoms with Crippen molar-refractivity contribution in [2.45, 2.75) is 266 Å². The minimum Gasteiger partial charge on any atom is -0.394 e. The van der Waals surface area contributed by atoms with Gasteiger partial charge in [-0.25, -0.2) is 0 Å².